The summed E-state index contributed by atoms with van der Waals surface area (Å²) >= 11 is 2.97. The van der Waals surface area contributed by atoms with Gasteiger partial charge in [-0.2, -0.15) is 4.31 Å². The number of sulfonamides is 1. The van der Waals surface area contributed by atoms with Crippen LogP contribution in [0.4, 0.5) is 5.13 Å². The highest BCUT2D eigenvalue weighted by atomic mass is 32.2. The fourth-order valence-electron chi connectivity index (χ4n) is 2.88. The average Bonchev–Trinajstić information content (AvgIpc) is 3.14. The van der Waals surface area contributed by atoms with Gasteiger partial charge < -0.3 is 5.32 Å². The Morgan fingerprint density at radius 2 is 2.07 bits per heavy atom. The molecule has 0 aliphatic carbocycles. The number of nitrogens with one attached hydrogen (secondary N) is 1. The number of carbonyl (C=O) groups excluding carboxylic acids is 1. The molecule has 0 bridgehead atoms. The van der Waals surface area contributed by atoms with Gasteiger partial charge in [-0.3, -0.25) is 4.79 Å². The third kappa shape index (κ3) is 5.31. The maximum Gasteiger partial charge on any atom is 0.243 e. The lowest BCUT2D eigenvalue weighted by Gasteiger charge is -2.31. The average molecular weight is 441 g/mol. The molecule has 1 amide bonds. The minimum Gasteiger partial charge on any atom is -0.300 e. The number of carbonyl (C=O) groups is 1. The standard InChI is InChI=1S/C18H24N4O3S3/c1-13(2)12-26-18-21-20-17(27-18)19-16(23)14-7-6-10-22(11-14)28(24,25)15-8-4-3-5-9-15/h3-5,8-9,13-14H,6-7,10-12H2,1-2H3,(H,19,20,23). The van der Waals surface area contributed by atoms with E-state index in [2.05, 4.69) is 29.4 Å². The molecule has 7 nitrogen and oxygen atoms in total. The Bertz CT molecular complexity index is 900. The van der Waals surface area contributed by atoms with Gasteiger partial charge in [0, 0.05) is 18.8 Å². The van der Waals surface area contributed by atoms with Gasteiger partial charge in [0.2, 0.25) is 21.1 Å². The van der Waals surface area contributed by atoms with Crippen LogP contribution in [0.5, 0.6) is 0 Å². The van der Waals surface area contributed by atoms with Gasteiger partial charge in [0.05, 0.1) is 10.8 Å². The van der Waals surface area contributed by atoms with E-state index >= 15 is 0 Å². The number of hydrogen-bond acceptors (Lipinski definition) is 7. The van der Waals surface area contributed by atoms with Crippen LogP contribution in [0.1, 0.15) is 26.7 Å². The van der Waals surface area contributed by atoms with Crippen LogP contribution in [0.3, 0.4) is 0 Å². The van der Waals surface area contributed by atoms with Gasteiger partial charge >= 0.3 is 0 Å². The molecule has 2 heterocycles. The van der Waals surface area contributed by atoms with Crippen LogP contribution < -0.4 is 5.32 Å². The van der Waals surface area contributed by atoms with E-state index in [4.69, 9.17) is 0 Å². The fraction of sp³-hybridized carbons (Fsp3) is 0.500. The van der Waals surface area contributed by atoms with E-state index < -0.39 is 15.9 Å². The number of hydrogen-bond donors (Lipinski definition) is 1. The molecule has 1 atom stereocenters. The molecule has 1 aromatic carbocycles. The quantitative estimate of drug-likeness (QED) is 0.524. The van der Waals surface area contributed by atoms with E-state index in [9.17, 15) is 13.2 Å². The van der Waals surface area contributed by atoms with Crippen molar-refractivity contribution < 1.29 is 13.2 Å². The van der Waals surface area contributed by atoms with Crippen LogP contribution in [-0.4, -0.2) is 47.7 Å². The molecule has 3 rings (SSSR count). The Labute approximate surface area is 174 Å². The fourth-order valence-corrected chi connectivity index (χ4v) is 6.16. The molecule has 1 saturated heterocycles. The maximum absolute atomic E-state index is 12.8. The van der Waals surface area contributed by atoms with E-state index in [1.54, 1.807) is 42.1 Å². The summed E-state index contributed by atoms with van der Waals surface area (Å²) in [5.41, 5.74) is 0. The van der Waals surface area contributed by atoms with Crippen molar-refractivity contribution in [1.82, 2.24) is 14.5 Å². The highest BCUT2D eigenvalue weighted by Crippen LogP contribution is 2.28. The summed E-state index contributed by atoms with van der Waals surface area (Å²) in [6, 6.07) is 8.34. The molecule has 0 spiro atoms. The summed E-state index contributed by atoms with van der Waals surface area (Å²) in [6.45, 7) is 4.87. The number of rotatable bonds is 7. The van der Waals surface area contributed by atoms with Gasteiger partial charge in [-0.05, 0) is 30.9 Å². The molecule has 28 heavy (non-hydrogen) atoms. The number of nitrogens with zero attached hydrogens (tertiary/aromatic N) is 3. The first-order chi connectivity index (χ1) is 13.4. The van der Waals surface area contributed by atoms with Crippen molar-refractivity contribution in [2.24, 2.45) is 11.8 Å². The van der Waals surface area contributed by atoms with Crippen LogP contribution in [0.2, 0.25) is 0 Å². The monoisotopic (exact) mass is 440 g/mol. The van der Waals surface area contributed by atoms with E-state index in [1.807, 2.05) is 0 Å². The Kier molecular flexibility index (Phi) is 7.08. The Balaban J connectivity index is 1.62. The molecule has 1 fully saturated rings. The van der Waals surface area contributed by atoms with E-state index in [0.29, 0.717) is 30.4 Å². The first-order valence-electron chi connectivity index (χ1n) is 9.18. The molecule has 152 valence electrons. The van der Waals surface area contributed by atoms with E-state index in [0.717, 1.165) is 10.1 Å². The maximum atomic E-state index is 12.8. The van der Waals surface area contributed by atoms with Gasteiger partial charge in [0.25, 0.3) is 0 Å². The first kappa shape index (κ1) is 21.2. The van der Waals surface area contributed by atoms with Crippen LogP contribution in [0, 0.1) is 11.8 Å². The zero-order valence-electron chi connectivity index (χ0n) is 15.9. The van der Waals surface area contributed by atoms with Crippen molar-refractivity contribution in [2.75, 3.05) is 24.2 Å². The summed E-state index contributed by atoms with van der Waals surface area (Å²) in [5, 5.41) is 11.4. The SMILES string of the molecule is CC(C)CSc1nnc(NC(=O)C2CCCN(S(=O)(=O)c3ccccc3)C2)s1. The second kappa shape index (κ2) is 9.34. The zero-order chi connectivity index (χ0) is 20.1. The lowest BCUT2D eigenvalue weighted by atomic mass is 9.99. The zero-order valence-corrected chi connectivity index (χ0v) is 18.3. The number of aromatic nitrogens is 2. The van der Waals surface area contributed by atoms with Crippen molar-refractivity contribution >= 4 is 44.2 Å². The molecule has 1 aliphatic heterocycles. The van der Waals surface area contributed by atoms with Gasteiger partial charge in [-0.15, -0.1) is 10.2 Å². The highest BCUT2D eigenvalue weighted by Gasteiger charge is 2.33. The molecule has 10 heteroatoms. The Morgan fingerprint density at radius 1 is 1.32 bits per heavy atom. The third-order valence-electron chi connectivity index (χ3n) is 4.31. The van der Waals surface area contributed by atoms with Crippen LogP contribution in [0.15, 0.2) is 39.6 Å². The number of amides is 1. The van der Waals surface area contributed by atoms with Gasteiger partial charge in [-0.1, -0.05) is 55.1 Å². The van der Waals surface area contributed by atoms with Gasteiger partial charge in [-0.25, -0.2) is 8.42 Å². The topological polar surface area (TPSA) is 92.3 Å². The van der Waals surface area contributed by atoms with Crippen molar-refractivity contribution in [3.8, 4) is 0 Å². The van der Waals surface area contributed by atoms with E-state index in [1.165, 1.54) is 15.6 Å². The Morgan fingerprint density at radius 3 is 2.79 bits per heavy atom. The Hall–Kier alpha value is -1.49. The molecule has 0 saturated carbocycles. The van der Waals surface area contributed by atoms with Crippen molar-refractivity contribution in [3.63, 3.8) is 0 Å². The van der Waals surface area contributed by atoms with Crippen molar-refractivity contribution in [1.29, 1.82) is 0 Å². The summed E-state index contributed by atoms with van der Waals surface area (Å²) in [4.78, 5) is 12.9. The summed E-state index contributed by atoms with van der Waals surface area (Å²) < 4.78 is 27.9. The predicted molar refractivity (Wildman–Crippen MR) is 112 cm³/mol. The smallest absolute Gasteiger partial charge is 0.243 e. The van der Waals surface area contributed by atoms with Gasteiger partial charge in [0.15, 0.2) is 4.34 Å². The lowest BCUT2D eigenvalue weighted by Crippen LogP contribution is -2.43. The molecular formula is C18H24N4O3S3. The molecule has 1 N–H and O–H groups in total. The minimum atomic E-state index is -3.59. The van der Waals surface area contributed by atoms with Crippen LogP contribution in [0.25, 0.3) is 0 Å². The third-order valence-corrected chi connectivity index (χ3v) is 8.59. The number of piperidine rings is 1. The van der Waals surface area contributed by atoms with E-state index in [-0.39, 0.29) is 17.3 Å². The van der Waals surface area contributed by atoms with Crippen LogP contribution >= 0.6 is 23.1 Å². The number of thioether (sulfide) groups is 1. The first-order valence-corrected chi connectivity index (χ1v) is 12.4. The summed E-state index contributed by atoms with van der Waals surface area (Å²) in [5.74, 6) is 0.886. The molecule has 1 aliphatic rings. The van der Waals surface area contributed by atoms with Crippen LogP contribution in [-0.2, 0) is 14.8 Å². The second-order valence-electron chi connectivity index (χ2n) is 7.08. The van der Waals surface area contributed by atoms with Gasteiger partial charge in [0.1, 0.15) is 0 Å². The normalized spacial score (nSPS) is 18.3. The molecular weight excluding hydrogens is 416 g/mol. The predicted octanol–water partition coefficient (Wildman–Crippen LogP) is 3.33. The van der Waals surface area contributed by atoms with Crippen molar-refractivity contribution in [3.05, 3.63) is 30.3 Å². The molecule has 1 unspecified atom stereocenters. The molecule has 2 aromatic rings. The summed E-state index contributed by atoms with van der Waals surface area (Å²) in [6.07, 6.45) is 1.30. The lowest BCUT2D eigenvalue weighted by molar-refractivity contribution is -0.120. The molecule has 0 radical (unpaired) electrons. The summed E-state index contributed by atoms with van der Waals surface area (Å²) in [7, 11) is -3.59. The molecule has 1 aromatic heterocycles. The minimum absolute atomic E-state index is 0.177. The van der Waals surface area contributed by atoms with Crippen molar-refractivity contribution in [2.45, 2.75) is 35.9 Å². The number of benzene rings is 1. The number of anilines is 1. The highest BCUT2D eigenvalue weighted by molar-refractivity contribution is 8.01. The second-order valence-corrected chi connectivity index (χ2v) is 11.3. The largest absolute Gasteiger partial charge is 0.300 e.